The summed E-state index contributed by atoms with van der Waals surface area (Å²) in [5, 5.41) is 12.0. The molecule has 1 unspecified atom stereocenters. The third kappa shape index (κ3) is 4.07. The summed E-state index contributed by atoms with van der Waals surface area (Å²) in [5.74, 6) is 0.588. The van der Waals surface area contributed by atoms with E-state index >= 15 is 0 Å². The molecule has 4 N–H and O–H groups in total. The van der Waals surface area contributed by atoms with Gasteiger partial charge in [0.25, 0.3) is 5.91 Å². The van der Waals surface area contributed by atoms with Crippen molar-refractivity contribution in [2.75, 3.05) is 23.8 Å². The average Bonchev–Trinajstić information content (AvgIpc) is 2.32. The van der Waals surface area contributed by atoms with Gasteiger partial charge in [-0.2, -0.15) is 0 Å². The maximum Gasteiger partial charge on any atom is 0.251 e. The van der Waals surface area contributed by atoms with Crippen molar-refractivity contribution in [1.82, 2.24) is 5.32 Å². The summed E-state index contributed by atoms with van der Waals surface area (Å²) in [6, 6.07) is 4.30. The molecule has 1 rings (SSSR count). The van der Waals surface area contributed by atoms with Gasteiger partial charge in [-0.3, -0.25) is 9.00 Å². The highest BCUT2D eigenvalue weighted by Gasteiger charge is 2.07. The lowest BCUT2D eigenvalue weighted by molar-refractivity contribution is 0.0956. The van der Waals surface area contributed by atoms with E-state index < -0.39 is 10.8 Å². The van der Waals surface area contributed by atoms with Crippen molar-refractivity contribution in [2.45, 2.75) is 6.92 Å². The molecule has 0 spiro atoms. The molecule has 94 valence electrons. The Morgan fingerprint density at radius 3 is 2.82 bits per heavy atom. The first-order valence-electron chi connectivity index (χ1n) is 5.26. The SMILES string of the molecule is CCS(=O)CCNC(=O)c1ccc(N)c(O)c1. The van der Waals surface area contributed by atoms with Gasteiger partial charge in [0.05, 0.1) is 5.69 Å². The van der Waals surface area contributed by atoms with Crippen LogP contribution < -0.4 is 11.1 Å². The van der Waals surface area contributed by atoms with E-state index in [1.807, 2.05) is 6.92 Å². The van der Waals surface area contributed by atoms with Crippen LogP contribution in [0.5, 0.6) is 5.75 Å². The summed E-state index contributed by atoms with van der Waals surface area (Å²) in [4.78, 5) is 11.6. The number of carbonyl (C=O) groups is 1. The molecule has 1 atom stereocenters. The summed E-state index contributed by atoms with van der Waals surface area (Å²) >= 11 is 0. The molecule has 1 aromatic rings. The van der Waals surface area contributed by atoms with Crippen molar-refractivity contribution in [3.05, 3.63) is 23.8 Å². The summed E-state index contributed by atoms with van der Waals surface area (Å²) in [6.45, 7) is 2.18. The first-order valence-corrected chi connectivity index (χ1v) is 6.75. The van der Waals surface area contributed by atoms with E-state index in [9.17, 15) is 14.1 Å². The van der Waals surface area contributed by atoms with Gasteiger partial charge in [0.1, 0.15) is 5.75 Å². The zero-order valence-electron chi connectivity index (χ0n) is 9.60. The number of phenolic OH excluding ortho intramolecular Hbond substituents is 1. The summed E-state index contributed by atoms with van der Waals surface area (Å²) in [5.41, 5.74) is 5.99. The Kier molecular flexibility index (Phi) is 4.96. The average molecular weight is 256 g/mol. The third-order valence-corrected chi connectivity index (χ3v) is 3.53. The van der Waals surface area contributed by atoms with Crippen LogP contribution in [0.1, 0.15) is 17.3 Å². The number of nitrogens with one attached hydrogen (secondary N) is 1. The molecular formula is C11H16N2O3S. The maximum absolute atomic E-state index is 11.6. The van der Waals surface area contributed by atoms with E-state index in [4.69, 9.17) is 5.73 Å². The number of hydrogen-bond acceptors (Lipinski definition) is 4. The molecule has 0 radical (unpaired) electrons. The number of nitrogens with two attached hydrogens (primary N) is 1. The predicted molar refractivity (Wildman–Crippen MR) is 68.4 cm³/mol. The Bertz CT molecular complexity index is 435. The predicted octanol–water partition coefficient (Wildman–Crippen LogP) is 0.473. The second-order valence-corrected chi connectivity index (χ2v) is 5.33. The van der Waals surface area contributed by atoms with Crippen molar-refractivity contribution < 1.29 is 14.1 Å². The molecule has 0 saturated heterocycles. The van der Waals surface area contributed by atoms with Gasteiger partial charge in [0, 0.05) is 34.4 Å². The molecule has 1 amide bonds. The lowest BCUT2D eigenvalue weighted by atomic mass is 10.2. The molecule has 0 heterocycles. The molecule has 0 saturated carbocycles. The summed E-state index contributed by atoms with van der Waals surface area (Å²) in [6.07, 6.45) is 0. The van der Waals surface area contributed by atoms with Crippen LogP contribution in [0.2, 0.25) is 0 Å². The van der Waals surface area contributed by atoms with E-state index in [2.05, 4.69) is 5.32 Å². The highest BCUT2D eigenvalue weighted by molar-refractivity contribution is 7.84. The molecule has 0 fully saturated rings. The Morgan fingerprint density at radius 2 is 2.24 bits per heavy atom. The summed E-state index contributed by atoms with van der Waals surface area (Å²) < 4.78 is 11.1. The first-order chi connectivity index (χ1) is 8.04. The molecule has 0 aliphatic rings. The Morgan fingerprint density at radius 1 is 1.53 bits per heavy atom. The van der Waals surface area contributed by atoms with E-state index in [1.54, 1.807) is 0 Å². The zero-order valence-corrected chi connectivity index (χ0v) is 10.4. The number of phenols is 1. The molecule has 0 aromatic heterocycles. The van der Waals surface area contributed by atoms with Gasteiger partial charge in [-0.05, 0) is 18.2 Å². The fourth-order valence-corrected chi connectivity index (χ4v) is 1.83. The fraction of sp³-hybridized carbons (Fsp3) is 0.364. The van der Waals surface area contributed by atoms with Crippen LogP contribution in [0.4, 0.5) is 5.69 Å². The van der Waals surface area contributed by atoms with E-state index in [0.29, 0.717) is 23.6 Å². The zero-order chi connectivity index (χ0) is 12.8. The standard InChI is InChI=1S/C11H16N2O3S/c1-2-17(16)6-5-13-11(15)8-3-4-9(12)10(14)7-8/h3-4,7,14H,2,5-6,12H2,1H3,(H,13,15). The number of anilines is 1. The molecular weight excluding hydrogens is 240 g/mol. The first kappa shape index (κ1) is 13.5. The molecule has 17 heavy (non-hydrogen) atoms. The largest absolute Gasteiger partial charge is 0.506 e. The van der Waals surface area contributed by atoms with Gasteiger partial charge in [0.2, 0.25) is 0 Å². The van der Waals surface area contributed by atoms with E-state index in [1.165, 1.54) is 18.2 Å². The van der Waals surface area contributed by atoms with E-state index in [0.717, 1.165) is 0 Å². The normalized spacial score (nSPS) is 12.1. The van der Waals surface area contributed by atoms with Crippen LogP contribution >= 0.6 is 0 Å². The van der Waals surface area contributed by atoms with Crippen molar-refractivity contribution in [3.63, 3.8) is 0 Å². The second-order valence-electron chi connectivity index (χ2n) is 3.46. The number of carbonyl (C=O) groups excluding carboxylic acids is 1. The number of rotatable bonds is 5. The number of amides is 1. The Labute approximate surface area is 102 Å². The summed E-state index contributed by atoms with van der Waals surface area (Å²) in [7, 11) is -0.892. The molecule has 6 heteroatoms. The van der Waals surface area contributed by atoms with Gasteiger partial charge in [0.15, 0.2) is 0 Å². The van der Waals surface area contributed by atoms with Crippen LogP contribution in [0.3, 0.4) is 0 Å². The number of nitrogen functional groups attached to an aromatic ring is 1. The van der Waals surface area contributed by atoms with Gasteiger partial charge >= 0.3 is 0 Å². The Balaban J connectivity index is 2.52. The van der Waals surface area contributed by atoms with E-state index in [-0.39, 0.29) is 17.3 Å². The molecule has 1 aromatic carbocycles. The maximum atomic E-state index is 11.6. The molecule has 0 bridgehead atoms. The molecule has 5 nitrogen and oxygen atoms in total. The smallest absolute Gasteiger partial charge is 0.251 e. The van der Waals surface area contributed by atoms with Crippen LogP contribution in [-0.2, 0) is 10.8 Å². The highest BCUT2D eigenvalue weighted by Crippen LogP contribution is 2.20. The van der Waals surface area contributed by atoms with Crippen LogP contribution in [0.25, 0.3) is 0 Å². The minimum Gasteiger partial charge on any atom is -0.506 e. The topological polar surface area (TPSA) is 92.4 Å². The van der Waals surface area contributed by atoms with Crippen LogP contribution in [-0.4, -0.2) is 33.3 Å². The molecule has 0 aliphatic carbocycles. The minimum absolute atomic E-state index is 0.116. The van der Waals surface area contributed by atoms with Gasteiger partial charge < -0.3 is 16.2 Å². The second kappa shape index (κ2) is 6.24. The van der Waals surface area contributed by atoms with Crippen molar-refractivity contribution >= 4 is 22.4 Å². The lowest BCUT2D eigenvalue weighted by Gasteiger charge is -2.06. The van der Waals surface area contributed by atoms with Crippen LogP contribution in [0.15, 0.2) is 18.2 Å². The van der Waals surface area contributed by atoms with Crippen molar-refractivity contribution in [3.8, 4) is 5.75 Å². The van der Waals surface area contributed by atoms with Gasteiger partial charge in [-0.15, -0.1) is 0 Å². The quantitative estimate of drug-likeness (QED) is 0.527. The monoisotopic (exact) mass is 256 g/mol. The van der Waals surface area contributed by atoms with Crippen LogP contribution in [0, 0.1) is 0 Å². The third-order valence-electron chi connectivity index (χ3n) is 2.23. The van der Waals surface area contributed by atoms with Crippen molar-refractivity contribution in [1.29, 1.82) is 0 Å². The van der Waals surface area contributed by atoms with Gasteiger partial charge in [-0.1, -0.05) is 6.92 Å². The fourth-order valence-electron chi connectivity index (χ4n) is 1.21. The number of aromatic hydroxyl groups is 1. The number of hydrogen-bond donors (Lipinski definition) is 3. The highest BCUT2D eigenvalue weighted by atomic mass is 32.2. The van der Waals surface area contributed by atoms with Gasteiger partial charge in [-0.25, -0.2) is 0 Å². The Hall–Kier alpha value is -1.56. The molecule has 0 aliphatic heterocycles. The lowest BCUT2D eigenvalue weighted by Crippen LogP contribution is -2.27. The number of benzene rings is 1. The minimum atomic E-state index is -0.892. The van der Waals surface area contributed by atoms with Crippen molar-refractivity contribution in [2.24, 2.45) is 0 Å².